The summed E-state index contributed by atoms with van der Waals surface area (Å²) in [7, 11) is 0. The van der Waals surface area contributed by atoms with E-state index in [0.717, 1.165) is 25.9 Å². The van der Waals surface area contributed by atoms with E-state index in [2.05, 4.69) is 4.98 Å². The summed E-state index contributed by atoms with van der Waals surface area (Å²) in [6.07, 6.45) is 5.26. The van der Waals surface area contributed by atoms with Crippen molar-refractivity contribution in [2.75, 3.05) is 13.1 Å². The molecule has 2 aliphatic heterocycles. The van der Waals surface area contributed by atoms with Crippen molar-refractivity contribution in [1.82, 2.24) is 19.0 Å². The number of hydrogen-bond acceptors (Lipinski definition) is 4. The molecule has 7 nitrogen and oxygen atoms in total. The lowest BCUT2D eigenvalue weighted by atomic mass is 10.2. The molecule has 1 saturated heterocycles. The third-order valence-corrected chi connectivity index (χ3v) is 4.40. The minimum absolute atomic E-state index is 0.0255. The van der Waals surface area contributed by atoms with Crippen molar-refractivity contribution in [2.45, 2.75) is 25.9 Å². The van der Waals surface area contributed by atoms with Gasteiger partial charge in [0.1, 0.15) is 11.4 Å². The third-order valence-electron chi connectivity index (χ3n) is 4.40. The van der Waals surface area contributed by atoms with Crippen molar-refractivity contribution >= 4 is 5.91 Å². The molecule has 7 heteroatoms. The fourth-order valence-corrected chi connectivity index (χ4v) is 3.24. The van der Waals surface area contributed by atoms with Gasteiger partial charge in [0.05, 0.1) is 6.20 Å². The van der Waals surface area contributed by atoms with Crippen molar-refractivity contribution in [3.05, 3.63) is 34.4 Å². The first-order valence-electron chi connectivity index (χ1n) is 7.44. The number of hydrogen-bond donors (Lipinski definition) is 1. The van der Waals surface area contributed by atoms with E-state index in [9.17, 15) is 14.7 Å². The molecule has 4 rings (SSSR count). The maximum absolute atomic E-state index is 12.6. The molecule has 2 aliphatic rings. The zero-order valence-corrected chi connectivity index (χ0v) is 12.0. The number of aromatic hydroxyl groups is 1. The van der Waals surface area contributed by atoms with Gasteiger partial charge in [0, 0.05) is 38.4 Å². The molecule has 22 heavy (non-hydrogen) atoms. The largest absolute Gasteiger partial charge is 0.503 e. The summed E-state index contributed by atoms with van der Waals surface area (Å²) in [5.74, 6) is 0.140. The Labute approximate surface area is 126 Å². The van der Waals surface area contributed by atoms with Crippen LogP contribution >= 0.6 is 0 Å². The minimum atomic E-state index is -0.435. The van der Waals surface area contributed by atoms with E-state index in [1.807, 2.05) is 4.90 Å². The first-order chi connectivity index (χ1) is 10.7. The Morgan fingerprint density at radius 2 is 1.95 bits per heavy atom. The molecule has 0 spiro atoms. The number of fused-ring (bicyclic) bond motifs is 3. The average molecular weight is 300 g/mol. The van der Waals surface area contributed by atoms with Crippen LogP contribution in [0.2, 0.25) is 0 Å². The molecular formula is C15H16N4O3. The van der Waals surface area contributed by atoms with Crippen molar-refractivity contribution < 1.29 is 9.90 Å². The Kier molecular flexibility index (Phi) is 2.82. The van der Waals surface area contributed by atoms with E-state index in [4.69, 9.17) is 0 Å². The Morgan fingerprint density at radius 1 is 1.18 bits per heavy atom. The molecule has 0 unspecified atom stereocenters. The monoisotopic (exact) mass is 300 g/mol. The summed E-state index contributed by atoms with van der Waals surface area (Å²) in [5, 5.41) is 10.1. The lowest BCUT2D eigenvalue weighted by Crippen LogP contribution is -2.31. The first-order valence-corrected chi connectivity index (χ1v) is 7.44. The molecule has 1 N–H and O–H groups in total. The predicted octanol–water partition coefficient (Wildman–Crippen LogP) is 0.667. The molecule has 2 aromatic rings. The molecule has 114 valence electrons. The summed E-state index contributed by atoms with van der Waals surface area (Å²) in [5.41, 5.74) is 0.480. The number of nitrogens with zero attached hydrogens (tertiary/aromatic N) is 4. The maximum atomic E-state index is 12.6. The fourth-order valence-electron chi connectivity index (χ4n) is 3.24. The van der Waals surface area contributed by atoms with Gasteiger partial charge in [-0.2, -0.15) is 0 Å². The van der Waals surface area contributed by atoms with Gasteiger partial charge in [0.2, 0.25) is 5.43 Å². The number of rotatable bonds is 1. The van der Waals surface area contributed by atoms with Gasteiger partial charge in [-0.05, 0) is 12.8 Å². The number of imidazole rings is 1. The molecule has 0 saturated carbocycles. The van der Waals surface area contributed by atoms with Crippen LogP contribution in [0.25, 0.3) is 11.5 Å². The van der Waals surface area contributed by atoms with Crippen LogP contribution < -0.4 is 5.43 Å². The highest BCUT2D eigenvalue weighted by Crippen LogP contribution is 2.30. The van der Waals surface area contributed by atoms with Crippen molar-refractivity contribution in [2.24, 2.45) is 0 Å². The summed E-state index contributed by atoms with van der Waals surface area (Å²) in [4.78, 5) is 30.4. The highest BCUT2D eigenvalue weighted by atomic mass is 16.3. The van der Waals surface area contributed by atoms with E-state index in [-0.39, 0.29) is 11.7 Å². The highest BCUT2D eigenvalue weighted by Gasteiger charge is 2.28. The van der Waals surface area contributed by atoms with Gasteiger partial charge in [-0.3, -0.25) is 9.59 Å². The van der Waals surface area contributed by atoms with Gasteiger partial charge >= 0.3 is 0 Å². The van der Waals surface area contributed by atoms with Crippen LogP contribution in [0.4, 0.5) is 0 Å². The Morgan fingerprint density at radius 3 is 2.73 bits per heavy atom. The molecule has 1 fully saturated rings. The molecular weight excluding hydrogens is 284 g/mol. The zero-order chi connectivity index (χ0) is 15.3. The summed E-state index contributed by atoms with van der Waals surface area (Å²) in [6, 6.07) is 1.34. The number of pyridine rings is 1. The van der Waals surface area contributed by atoms with Gasteiger partial charge in [-0.25, -0.2) is 4.98 Å². The fraction of sp³-hybridized carbons (Fsp3) is 0.400. The second-order valence-corrected chi connectivity index (χ2v) is 5.69. The SMILES string of the molecule is O=C(c1cnc2n1CCn1ccc(=O)c(O)c1-2)N1CCCC1. The second kappa shape index (κ2) is 4.72. The number of carbonyl (C=O) groups excluding carboxylic acids is 1. The number of amides is 1. The standard InChI is InChI=1S/C15H16N4O3/c20-11-3-6-17-7-8-19-10(15(22)18-4-1-2-5-18)9-16-14(19)12(17)13(11)21/h3,6,9,21H,1-2,4-5,7-8H2. The normalized spacial score (nSPS) is 16.5. The van der Waals surface area contributed by atoms with E-state index >= 15 is 0 Å². The molecule has 0 bridgehead atoms. The van der Waals surface area contributed by atoms with Gasteiger partial charge < -0.3 is 19.1 Å². The predicted molar refractivity (Wildman–Crippen MR) is 78.7 cm³/mol. The lowest BCUT2D eigenvalue weighted by molar-refractivity contribution is 0.0781. The van der Waals surface area contributed by atoms with Crippen LogP contribution in [0.5, 0.6) is 5.75 Å². The van der Waals surface area contributed by atoms with E-state index in [0.29, 0.717) is 30.3 Å². The summed E-state index contributed by atoms with van der Waals surface area (Å²) < 4.78 is 3.60. The quantitative estimate of drug-likeness (QED) is 0.839. The average Bonchev–Trinajstić information content (AvgIpc) is 3.18. The Bertz CT molecular complexity index is 815. The zero-order valence-electron chi connectivity index (χ0n) is 12.0. The number of likely N-dealkylation sites (tertiary alicyclic amines) is 1. The smallest absolute Gasteiger partial charge is 0.272 e. The minimum Gasteiger partial charge on any atom is -0.503 e. The number of carbonyl (C=O) groups is 1. The van der Waals surface area contributed by atoms with Gasteiger partial charge in [-0.1, -0.05) is 0 Å². The second-order valence-electron chi connectivity index (χ2n) is 5.69. The van der Waals surface area contributed by atoms with Crippen LogP contribution in [0, 0.1) is 0 Å². The maximum Gasteiger partial charge on any atom is 0.272 e. The molecule has 4 heterocycles. The number of aromatic nitrogens is 3. The van der Waals surface area contributed by atoms with E-state index in [1.165, 1.54) is 6.07 Å². The van der Waals surface area contributed by atoms with Crippen LogP contribution in [0.3, 0.4) is 0 Å². The molecule has 0 aromatic carbocycles. The number of aryl methyl sites for hydroxylation is 1. The van der Waals surface area contributed by atoms with Crippen molar-refractivity contribution in [3.63, 3.8) is 0 Å². The topological polar surface area (TPSA) is 80.4 Å². The van der Waals surface area contributed by atoms with E-state index in [1.54, 1.807) is 21.5 Å². The molecule has 2 aromatic heterocycles. The Balaban J connectivity index is 1.82. The Hall–Kier alpha value is -2.57. The van der Waals surface area contributed by atoms with Crippen molar-refractivity contribution in [1.29, 1.82) is 0 Å². The van der Waals surface area contributed by atoms with Crippen LogP contribution in [0.15, 0.2) is 23.3 Å². The van der Waals surface area contributed by atoms with Crippen molar-refractivity contribution in [3.8, 4) is 17.3 Å². The summed E-state index contributed by atoms with van der Waals surface area (Å²) in [6.45, 7) is 2.74. The first kappa shape index (κ1) is 13.1. The molecule has 0 aliphatic carbocycles. The highest BCUT2D eigenvalue weighted by molar-refractivity contribution is 5.93. The van der Waals surface area contributed by atoms with Gasteiger partial charge in [0.25, 0.3) is 5.91 Å². The van der Waals surface area contributed by atoms with Crippen LogP contribution in [-0.2, 0) is 13.1 Å². The lowest BCUT2D eigenvalue weighted by Gasteiger charge is -2.23. The molecule has 1 amide bonds. The third kappa shape index (κ3) is 1.78. The van der Waals surface area contributed by atoms with Gasteiger partial charge in [-0.15, -0.1) is 0 Å². The van der Waals surface area contributed by atoms with Crippen LogP contribution in [-0.4, -0.2) is 43.1 Å². The summed E-state index contributed by atoms with van der Waals surface area (Å²) >= 11 is 0. The van der Waals surface area contributed by atoms with Crippen LogP contribution in [0.1, 0.15) is 23.3 Å². The molecule has 0 radical (unpaired) electrons. The van der Waals surface area contributed by atoms with Gasteiger partial charge in [0.15, 0.2) is 11.6 Å². The van der Waals surface area contributed by atoms with E-state index < -0.39 is 5.43 Å². The molecule has 0 atom stereocenters.